The van der Waals surface area contributed by atoms with Gasteiger partial charge >= 0.3 is 0 Å². The Balaban J connectivity index is 1.48. The van der Waals surface area contributed by atoms with Crippen molar-refractivity contribution >= 4 is 62.2 Å². The van der Waals surface area contributed by atoms with Gasteiger partial charge in [0.2, 0.25) is 0 Å². The molecule has 2 aliphatic rings. The minimum atomic E-state index is -3.83. The Labute approximate surface area is 237 Å². The fourth-order valence-corrected chi connectivity index (χ4v) is 7.12. The number of H-pyrrole nitrogens is 1. The molecule has 2 aliphatic heterocycles. The van der Waals surface area contributed by atoms with Crippen molar-refractivity contribution in [1.82, 2.24) is 14.8 Å². The van der Waals surface area contributed by atoms with Crippen LogP contribution in [0.4, 0.5) is 5.69 Å². The van der Waals surface area contributed by atoms with Crippen LogP contribution in [0.2, 0.25) is 10.0 Å². The Bertz CT molecular complexity index is 1620. The summed E-state index contributed by atoms with van der Waals surface area (Å²) in [5.41, 5.74) is 4.27. The highest BCUT2D eigenvalue weighted by atomic mass is 35.5. The zero-order valence-electron chi connectivity index (χ0n) is 21.8. The van der Waals surface area contributed by atoms with Gasteiger partial charge in [0.1, 0.15) is 0 Å². The third-order valence-corrected chi connectivity index (χ3v) is 9.65. The number of nitrogens with zero attached hydrogens (tertiary/aromatic N) is 2. The molecule has 39 heavy (non-hydrogen) atoms. The number of piperazine rings is 1. The van der Waals surface area contributed by atoms with Gasteiger partial charge < -0.3 is 20.1 Å². The van der Waals surface area contributed by atoms with E-state index in [0.29, 0.717) is 46.7 Å². The summed E-state index contributed by atoms with van der Waals surface area (Å²) in [7, 11) is -1.79. The smallest absolute Gasteiger partial charge is 0.256 e. The predicted octanol–water partition coefficient (Wildman–Crippen LogP) is 4.79. The van der Waals surface area contributed by atoms with Crippen molar-refractivity contribution in [1.29, 1.82) is 0 Å². The second-order valence-electron chi connectivity index (χ2n) is 9.94. The first-order valence-electron chi connectivity index (χ1n) is 12.5. The molecule has 0 spiro atoms. The number of nitrogens with one attached hydrogen (secondary N) is 2. The molecule has 2 aromatic carbocycles. The molecule has 3 heterocycles. The molecule has 0 aliphatic carbocycles. The lowest BCUT2D eigenvalue weighted by Gasteiger charge is -2.32. The van der Waals surface area contributed by atoms with Crippen LogP contribution in [0.3, 0.4) is 0 Å². The van der Waals surface area contributed by atoms with E-state index in [1.54, 1.807) is 30.3 Å². The number of amides is 2. The van der Waals surface area contributed by atoms with E-state index in [9.17, 15) is 18.0 Å². The van der Waals surface area contributed by atoms with E-state index in [1.165, 1.54) is 12.1 Å². The summed E-state index contributed by atoms with van der Waals surface area (Å²) in [6.45, 7) is 6.63. The van der Waals surface area contributed by atoms with Gasteiger partial charge in [0.15, 0.2) is 9.84 Å². The molecule has 5 rings (SSSR count). The third-order valence-electron chi connectivity index (χ3n) is 7.30. The maximum absolute atomic E-state index is 13.3. The van der Waals surface area contributed by atoms with Crippen LogP contribution < -0.4 is 5.32 Å². The van der Waals surface area contributed by atoms with Crippen LogP contribution in [0.25, 0.3) is 11.6 Å². The number of aromatic amines is 1. The van der Waals surface area contributed by atoms with Crippen molar-refractivity contribution in [2.24, 2.45) is 0 Å². The first kappa shape index (κ1) is 27.5. The van der Waals surface area contributed by atoms with Crippen molar-refractivity contribution in [3.05, 3.63) is 80.1 Å². The van der Waals surface area contributed by atoms with Gasteiger partial charge in [-0.05, 0) is 62.9 Å². The van der Waals surface area contributed by atoms with Crippen LogP contribution in [0.1, 0.15) is 38.4 Å². The number of hydrogen-bond acceptors (Lipinski definition) is 5. The van der Waals surface area contributed by atoms with Crippen LogP contribution in [-0.4, -0.2) is 68.2 Å². The topological polar surface area (TPSA) is 103 Å². The fraction of sp³-hybridized carbons (Fsp3) is 0.286. The number of anilines is 1. The molecule has 0 atom stereocenters. The molecule has 204 valence electrons. The Morgan fingerprint density at radius 3 is 2.38 bits per heavy atom. The number of aromatic nitrogens is 1. The molecule has 1 fully saturated rings. The van der Waals surface area contributed by atoms with E-state index < -0.39 is 9.84 Å². The van der Waals surface area contributed by atoms with Crippen molar-refractivity contribution in [3.8, 4) is 0 Å². The highest BCUT2D eigenvalue weighted by Crippen LogP contribution is 2.37. The highest BCUT2D eigenvalue weighted by molar-refractivity contribution is 7.90. The summed E-state index contributed by atoms with van der Waals surface area (Å²) >= 11 is 12.4. The molecule has 0 saturated carbocycles. The first-order valence-corrected chi connectivity index (χ1v) is 14.9. The summed E-state index contributed by atoms with van der Waals surface area (Å²) in [6, 6.07) is 9.35. The predicted molar refractivity (Wildman–Crippen MR) is 154 cm³/mol. The van der Waals surface area contributed by atoms with Crippen molar-refractivity contribution in [2.75, 3.05) is 38.5 Å². The Kier molecular flexibility index (Phi) is 7.37. The maximum Gasteiger partial charge on any atom is 0.256 e. The Morgan fingerprint density at radius 1 is 1.05 bits per heavy atom. The summed E-state index contributed by atoms with van der Waals surface area (Å²) in [4.78, 5) is 33.6. The lowest BCUT2D eigenvalue weighted by molar-refractivity contribution is -0.110. The second-order valence-corrected chi connectivity index (χ2v) is 12.7. The van der Waals surface area contributed by atoms with Gasteiger partial charge in [0.25, 0.3) is 11.8 Å². The zero-order valence-corrected chi connectivity index (χ0v) is 24.1. The molecule has 2 N–H and O–H groups in total. The molecule has 1 aromatic heterocycles. The summed E-state index contributed by atoms with van der Waals surface area (Å²) in [6.07, 6.45) is 1.67. The molecule has 0 radical (unpaired) electrons. The van der Waals surface area contributed by atoms with Crippen LogP contribution in [0.15, 0.2) is 41.3 Å². The summed E-state index contributed by atoms with van der Waals surface area (Å²) in [5.74, 6) is -0.772. The molecule has 2 amide bonds. The average Bonchev–Trinajstić information content (AvgIpc) is 3.35. The monoisotopic (exact) mass is 586 g/mol. The van der Waals surface area contributed by atoms with E-state index in [2.05, 4.69) is 15.2 Å². The molecular weight excluding hydrogens is 559 g/mol. The lowest BCUT2D eigenvalue weighted by atomic mass is 10.0. The third kappa shape index (κ3) is 5.24. The number of carbonyl (C=O) groups is 2. The van der Waals surface area contributed by atoms with Crippen LogP contribution in [0, 0.1) is 13.8 Å². The molecule has 11 heteroatoms. The zero-order chi connectivity index (χ0) is 28.1. The molecule has 8 nitrogen and oxygen atoms in total. The number of carbonyl (C=O) groups excluding carboxylic acids is 2. The fourth-order valence-electron chi connectivity index (χ4n) is 5.00. The Hall–Kier alpha value is -3.11. The maximum atomic E-state index is 13.3. The quantitative estimate of drug-likeness (QED) is 0.418. The van der Waals surface area contributed by atoms with Gasteiger partial charge in [-0.3, -0.25) is 9.59 Å². The SMILES string of the molecule is Cc1[nH]c(C=C2C(=O)Nc3ccc(S(=O)(=O)Cc4c(Cl)cccc4Cl)cc32)c(C)c1C(=O)N1CCN(C)CC1. The number of benzene rings is 2. The largest absolute Gasteiger partial charge is 0.358 e. The van der Waals surface area contributed by atoms with Crippen molar-refractivity contribution in [2.45, 2.75) is 24.5 Å². The van der Waals surface area contributed by atoms with Crippen molar-refractivity contribution in [3.63, 3.8) is 0 Å². The van der Waals surface area contributed by atoms with E-state index in [1.807, 2.05) is 25.8 Å². The van der Waals surface area contributed by atoms with Crippen molar-refractivity contribution < 1.29 is 18.0 Å². The molecule has 3 aromatic rings. The van der Waals surface area contributed by atoms with E-state index >= 15 is 0 Å². The molecule has 1 saturated heterocycles. The number of sulfone groups is 1. The number of fused-ring (bicyclic) bond motifs is 1. The van der Waals surface area contributed by atoms with Gasteiger partial charge in [-0.2, -0.15) is 0 Å². The van der Waals surface area contributed by atoms with Gasteiger partial charge in [-0.1, -0.05) is 29.3 Å². The highest BCUT2D eigenvalue weighted by Gasteiger charge is 2.30. The van der Waals surface area contributed by atoms with E-state index in [-0.39, 0.29) is 32.5 Å². The number of rotatable bonds is 5. The molecular formula is C28H28Cl2N4O4S. The van der Waals surface area contributed by atoms with Gasteiger partial charge in [0.05, 0.1) is 21.8 Å². The number of aryl methyl sites for hydroxylation is 1. The number of hydrogen-bond donors (Lipinski definition) is 2. The van der Waals surface area contributed by atoms with Gasteiger partial charge in [0, 0.05) is 64.4 Å². The van der Waals surface area contributed by atoms with Crippen LogP contribution in [-0.2, 0) is 20.4 Å². The molecule has 0 bridgehead atoms. The minimum absolute atomic E-state index is 0.0399. The Morgan fingerprint density at radius 2 is 1.72 bits per heavy atom. The van der Waals surface area contributed by atoms with Gasteiger partial charge in [-0.15, -0.1) is 0 Å². The van der Waals surface area contributed by atoms with E-state index in [0.717, 1.165) is 24.3 Å². The number of halogens is 2. The standard InChI is InChI=1S/C28H28Cl2N4O4S/c1-16-25(31-17(2)26(16)28(36)34-11-9-33(3)10-12-34)14-20-19-13-18(7-8-24(19)32-27(20)35)39(37,38)15-21-22(29)5-4-6-23(21)30/h4-8,13-14,31H,9-12,15H2,1-3H3,(H,32,35). The summed E-state index contributed by atoms with van der Waals surface area (Å²) in [5, 5.41) is 3.33. The van der Waals surface area contributed by atoms with Gasteiger partial charge in [-0.25, -0.2) is 8.42 Å². The lowest BCUT2D eigenvalue weighted by Crippen LogP contribution is -2.47. The average molecular weight is 588 g/mol. The summed E-state index contributed by atoms with van der Waals surface area (Å²) < 4.78 is 26.6. The normalized spacial score (nSPS) is 17.0. The van der Waals surface area contributed by atoms with Crippen LogP contribution in [0.5, 0.6) is 0 Å². The number of likely N-dealkylation sites (N-methyl/N-ethyl adjacent to an activating group) is 1. The molecule has 0 unspecified atom stereocenters. The van der Waals surface area contributed by atoms with Crippen LogP contribution >= 0.6 is 23.2 Å². The van der Waals surface area contributed by atoms with E-state index in [4.69, 9.17) is 23.2 Å². The first-order chi connectivity index (χ1) is 18.5. The minimum Gasteiger partial charge on any atom is -0.358 e. The second kappa shape index (κ2) is 10.5.